The first-order chi connectivity index (χ1) is 40.3. The van der Waals surface area contributed by atoms with E-state index >= 15 is 0 Å². The average Bonchev–Trinajstić information content (AvgIpc) is 4.44. The minimum atomic E-state index is 0.0256. The van der Waals surface area contributed by atoms with Gasteiger partial charge in [0.05, 0.1) is 30.0 Å². The Kier molecular flexibility index (Phi) is 16.8. The molecule has 13 heteroatoms. The van der Waals surface area contributed by atoms with E-state index < -0.39 is 0 Å². The number of fused-ring (bicyclic) bond motifs is 6. The van der Waals surface area contributed by atoms with Crippen molar-refractivity contribution in [2.75, 3.05) is 39.3 Å². The van der Waals surface area contributed by atoms with Crippen molar-refractivity contribution in [1.29, 1.82) is 0 Å². The smallest absolute Gasteiger partial charge is 0.137 e. The maximum absolute atomic E-state index is 9.33. The number of hydrogen-bond donors (Lipinski definition) is 3. The van der Waals surface area contributed by atoms with E-state index in [1.165, 1.54) is 63.0 Å². The van der Waals surface area contributed by atoms with Crippen molar-refractivity contribution in [3.8, 4) is 34.0 Å². The maximum Gasteiger partial charge on any atom is 0.137 e. The third-order valence-electron chi connectivity index (χ3n) is 16.4. The summed E-state index contributed by atoms with van der Waals surface area (Å²) in [6, 6.07) is 49.4. The second kappa shape index (κ2) is 25.3. The van der Waals surface area contributed by atoms with Crippen LogP contribution in [0.5, 0.6) is 0 Å². The van der Waals surface area contributed by atoms with Crippen LogP contribution in [0.2, 0.25) is 0 Å². The van der Waals surface area contributed by atoms with Crippen LogP contribution >= 0.6 is 0 Å². The monoisotopic (exact) mass is 1090 g/mol. The number of para-hydroxylation sites is 3. The highest BCUT2D eigenvalue weighted by Gasteiger charge is 2.20. The van der Waals surface area contributed by atoms with E-state index in [2.05, 4.69) is 115 Å². The molecule has 4 N–H and O–H groups in total. The molecule has 0 radical (unpaired) electrons. The van der Waals surface area contributed by atoms with Gasteiger partial charge in [0.1, 0.15) is 34.0 Å². The quantitative estimate of drug-likeness (QED) is 0.132. The molecular weight excluding hydrogens is 1020 g/mol. The van der Waals surface area contributed by atoms with Crippen LogP contribution in [0, 0.1) is 11.8 Å². The molecular formula is C69H71N9O4. The highest BCUT2D eigenvalue weighted by molar-refractivity contribution is 5.98. The standard InChI is InChI=1S/C23H23N3O.C22H22N4O.C18H13NO2.C6H13N/c1-16-8-10-26(11-9-16)15-17-6-7-21-19(12-17)20(14-24-25-21)23-13-18-4-2-3-5-22(18)27-23;23-17-7-9-26(10-8-17)14-15-5-6-20-18(11-15)19(13-24-25-20)22-12-16-3-1-2-4-21(16)27-22;20-11-12-5-6-14-9-19-10-16(15(14)7-12)18-8-13-3-1-2-4-17(13)21-18;1-6-2-4-7-5-3-6/h2-7,12-14,16H,8-11,15H2,1H3;1-6,11-13,17H,7-10,14,23H2;1-10,20H,11H2;6-7H,2-5H2,1H3. The van der Waals surface area contributed by atoms with Crippen LogP contribution in [-0.4, -0.2) is 85.6 Å². The summed E-state index contributed by atoms with van der Waals surface area (Å²) in [7, 11) is 0. The fourth-order valence-electron chi connectivity index (χ4n) is 11.5. The van der Waals surface area contributed by atoms with Crippen LogP contribution in [0.1, 0.15) is 69.1 Å². The van der Waals surface area contributed by atoms with Crippen LogP contribution < -0.4 is 11.1 Å². The molecule has 82 heavy (non-hydrogen) atoms. The largest absolute Gasteiger partial charge is 0.456 e. The number of rotatable bonds is 8. The molecule has 0 bridgehead atoms. The first-order valence-corrected chi connectivity index (χ1v) is 29.1. The molecule has 12 aromatic rings. The number of nitrogens with zero attached hydrogens (tertiary/aromatic N) is 7. The van der Waals surface area contributed by atoms with Gasteiger partial charge in [0.2, 0.25) is 0 Å². The highest BCUT2D eigenvalue weighted by atomic mass is 16.3. The van der Waals surface area contributed by atoms with Gasteiger partial charge in [-0.1, -0.05) is 92.7 Å². The summed E-state index contributed by atoms with van der Waals surface area (Å²) >= 11 is 0. The number of aromatic nitrogens is 5. The van der Waals surface area contributed by atoms with Crippen LogP contribution in [0.15, 0.2) is 184 Å². The van der Waals surface area contributed by atoms with Crippen LogP contribution in [-0.2, 0) is 19.7 Å². The van der Waals surface area contributed by atoms with E-state index in [9.17, 15) is 5.11 Å². The molecule has 0 saturated carbocycles. The minimum Gasteiger partial charge on any atom is -0.456 e. The summed E-state index contributed by atoms with van der Waals surface area (Å²) in [6.45, 7) is 13.6. The Labute approximate surface area is 478 Å². The molecule has 9 heterocycles. The van der Waals surface area contributed by atoms with Gasteiger partial charge < -0.3 is 29.4 Å². The molecule has 0 aliphatic carbocycles. The van der Waals surface area contributed by atoms with Crippen molar-refractivity contribution in [2.45, 2.75) is 78.1 Å². The molecule has 0 spiro atoms. The summed E-state index contributed by atoms with van der Waals surface area (Å²) in [5.74, 6) is 4.30. The number of benzene rings is 6. The van der Waals surface area contributed by atoms with Gasteiger partial charge >= 0.3 is 0 Å². The van der Waals surface area contributed by atoms with E-state index in [4.69, 9.17) is 19.0 Å². The molecule has 0 atom stereocenters. The highest BCUT2D eigenvalue weighted by Crippen LogP contribution is 2.36. The maximum atomic E-state index is 9.33. The Morgan fingerprint density at radius 3 is 1.38 bits per heavy atom. The van der Waals surface area contributed by atoms with Gasteiger partial charge in [-0.15, -0.1) is 0 Å². The number of aliphatic hydroxyl groups is 1. The van der Waals surface area contributed by atoms with Gasteiger partial charge in [-0.05, 0) is 178 Å². The molecule has 3 fully saturated rings. The van der Waals surface area contributed by atoms with Crippen LogP contribution in [0.4, 0.5) is 0 Å². The van der Waals surface area contributed by atoms with Gasteiger partial charge in [0.15, 0.2) is 0 Å². The molecule has 3 saturated heterocycles. The fourth-order valence-corrected chi connectivity index (χ4v) is 11.5. The predicted octanol–water partition coefficient (Wildman–Crippen LogP) is 14.4. The summed E-state index contributed by atoms with van der Waals surface area (Å²) in [4.78, 5) is 9.32. The number of furan rings is 3. The van der Waals surface area contributed by atoms with Gasteiger partial charge in [0, 0.05) is 80.5 Å². The van der Waals surface area contributed by atoms with E-state index in [1.54, 1.807) is 12.4 Å². The normalized spacial score (nSPS) is 15.8. The molecule has 6 aromatic carbocycles. The SMILES string of the molecule is CC1CCN(Cc2ccc3nncc(-c4cc5ccccc5o4)c3c2)CC1.CC1CCNCC1.NC1CCN(Cc2ccc3nncc(-c4cc5ccccc5o4)c3c2)CC1.OCc1ccc2cncc(-c3cc4ccccc4o3)c2c1. The van der Waals surface area contributed by atoms with Crippen molar-refractivity contribution in [3.05, 3.63) is 187 Å². The molecule has 0 amide bonds. The Morgan fingerprint density at radius 2 is 0.915 bits per heavy atom. The van der Waals surface area contributed by atoms with Gasteiger partial charge in [-0.3, -0.25) is 14.8 Å². The number of nitrogens with one attached hydrogen (secondary N) is 1. The zero-order chi connectivity index (χ0) is 55.8. The number of pyridine rings is 1. The third-order valence-corrected chi connectivity index (χ3v) is 16.4. The van der Waals surface area contributed by atoms with E-state index in [0.717, 1.165) is 156 Å². The Hall–Kier alpha value is -8.17. The molecule has 15 rings (SSSR count). The summed E-state index contributed by atoms with van der Waals surface area (Å²) < 4.78 is 18.1. The second-order valence-electron chi connectivity index (χ2n) is 22.6. The lowest BCUT2D eigenvalue weighted by molar-refractivity contribution is 0.185. The fraction of sp³-hybridized carbons (Fsp3) is 0.290. The first kappa shape index (κ1) is 54.4. The van der Waals surface area contributed by atoms with E-state index in [1.807, 2.05) is 97.3 Å². The molecule has 416 valence electrons. The van der Waals surface area contributed by atoms with Gasteiger partial charge in [-0.2, -0.15) is 20.4 Å². The molecule has 6 aromatic heterocycles. The second-order valence-corrected chi connectivity index (χ2v) is 22.6. The summed E-state index contributed by atoms with van der Waals surface area (Å²) in [6.07, 6.45) is 14.7. The van der Waals surface area contributed by atoms with Crippen molar-refractivity contribution in [1.82, 2.24) is 40.5 Å². The van der Waals surface area contributed by atoms with Crippen molar-refractivity contribution >= 4 is 65.5 Å². The topological polar surface area (TPSA) is 169 Å². The van der Waals surface area contributed by atoms with E-state index in [0.29, 0.717) is 6.04 Å². The Morgan fingerprint density at radius 1 is 0.476 bits per heavy atom. The zero-order valence-corrected chi connectivity index (χ0v) is 46.9. The lowest BCUT2D eigenvalue weighted by Gasteiger charge is -2.30. The van der Waals surface area contributed by atoms with Crippen LogP contribution in [0.3, 0.4) is 0 Å². The molecule has 13 nitrogen and oxygen atoms in total. The first-order valence-electron chi connectivity index (χ1n) is 29.1. The number of piperidine rings is 3. The van der Waals surface area contributed by atoms with E-state index in [-0.39, 0.29) is 6.61 Å². The molecule has 3 aliphatic heterocycles. The van der Waals surface area contributed by atoms with Crippen molar-refractivity contribution in [2.24, 2.45) is 17.6 Å². The predicted molar refractivity (Wildman–Crippen MR) is 330 cm³/mol. The Balaban J connectivity index is 0.000000115. The molecule has 0 unspecified atom stereocenters. The lowest BCUT2D eigenvalue weighted by atomic mass is 9.98. The van der Waals surface area contributed by atoms with Gasteiger partial charge in [0.25, 0.3) is 0 Å². The van der Waals surface area contributed by atoms with Crippen LogP contribution in [0.25, 0.3) is 99.5 Å². The Bertz CT molecular complexity index is 3810. The number of hydrogen-bond acceptors (Lipinski definition) is 13. The number of likely N-dealkylation sites (tertiary alicyclic amines) is 2. The van der Waals surface area contributed by atoms with Gasteiger partial charge in [-0.25, -0.2) is 0 Å². The average molecular weight is 1090 g/mol. The number of aliphatic hydroxyl groups excluding tert-OH is 1. The summed E-state index contributed by atoms with van der Waals surface area (Å²) in [5.41, 5.74) is 16.9. The lowest BCUT2D eigenvalue weighted by Crippen LogP contribution is -2.39. The zero-order valence-electron chi connectivity index (χ0n) is 46.9. The third kappa shape index (κ3) is 12.8. The molecule has 3 aliphatic rings. The minimum absolute atomic E-state index is 0.0256. The summed E-state index contributed by atoms with van der Waals surface area (Å²) in [5, 5.41) is 37.2. The van der Waals surface area contributed by atoms with Crippen molar-refractivity contribution in [3.63, 3.8) is 0 Å². The van der Waals surface area contributed by atoms with Crippen molar-refractivity contribution < 1.29 is 18.4 Å². The number of nitrogens with two attached hydrogens (primary N) is 1.